The van der Waals surface area contributed by atoms with E-state index in [1.54, 1.807) is 0 Å². The molecule has 1 aliphatic rings. The molecule has 1 aliphatic heterocycles. The van der Waals surface area contributed by atoms with Crippen molar-refractivity contribution in [1.29, 1.82) is 0 Å². The van der Waals surface area contributed by atoms with E-state index in [9.17, 15) is 18.0 Å². The van der Waals surface area contributed by atoms with E-state index < -0.39 is 12.1 Å². The van der Waals surface area contributed by atoms with E-state index in [1.165, 1.54) is 0 Å². The number of hydrogen-bond donors (Lipinski definition) is 1. The Labute approximate surface area is 108 Å². The van der Waals surface area contributed by atoms with Gasteiger partial charge in [0.2, 0.25) is 0 Å². The molecular formula is C11H18F3NO4. The van der Waals surface area contributed by atoms with Crippen LogP contribution in [-0.4, -0.2) is 30.3 Å². The monoisotopic (exact) mass is 285 g/mol. The third kappa shape index (κ3) is 5.56. The summed E-state index contributed by atoms with van der Waals surface area (Å²) < 4.78 is 36.8. The van der Waals surface area contributed by atoms with Gasteiger partial charge in [-0.15, -0.1) is 0 Å². The Balaban J connectivity index is 0.000000399. The van der Waals surface area contributed by atoms with Crippen LogP contribution < -0.4 is 10.8 Å². The highest BCUT2D eigenvalue weighted by atomic mass is 19.4. The first-order chi connectivity index (χ1) is 8.45. The molecule has 112 valence electrons. The van der Waals surface area contributed by atoms with Crippen molar-refractivity contribution in [1.82, 2.24) is 0 Å². The predicted molar refractivity (Wildman–Crippen MR) is 56.3 cm³/mol. The van der Waals surface area contributed by atoms with E-state index in [0.29, 0.717) is 12.5 Å². The van der Waals surface area contributed by atoms with Crippen molar-refractivity contribution in [3.63, 3.8) is 0 Å². The summed E-state index contributed by atoms with van der Waals surface area (Å²) in [5.41, 5.74) is 3.30. The molecule has 0 spiro atoms. The van der Waals surface area contributed by atoms with Gasteiger partial charge in [0.15, 0.2) is 0 Å². The summed E-state index contributed by atoms with van der Waals surface area (Å²) in [4.78, 5) is 20.0. The number of carboxylic acids is 1. The highest BCUT2D eigenvalue weighted by Crippen LogP contribution is 2.39. The zero-order chi connectivity index (χ0) is 15.4. The van der Waals surface area contributed by atoms with Gasteiger partial charge in [-0.25, -0.2) is 4.79 Å². The Hall–Kier alpha value is -1.15. The van der Waals surface area contributed by atoms with Crippen molar-refractivity contribution in [2.45, 2.75) is 39.0 Å². The lowest BCUT2D eigenvalue weighted by molar-refractivity contribution is -0.344. The predicted octanol–water partition coefficient (Wildman–Crippen LogP) is -0.495. The molecule has 0 aromatic carbocycles. The first kappa shape index (κ1) is 17.8. The average Bonchev–Trinajstić information content (AvgIpc) is 2.95. The highest BCUT2D eigenvalue weighted by molar-refractivity contribution is 5.70. The molecular weight excluding hydrogens is 267 g/mol. The van der Waals surface area contributed by atoms with Gasteiger partial charge in [-0.3, -0.25) is 5.73 Å². The van der Waals surface area contributed by atoms with E-state index in [0.717, 1.165) is 6.42 Å². The molecule has 0 saturated carbocycles. The summed E-state index contributed by atoms with van der Waals surface area (Å²) in [5, 5.41) is 8.78. The molecule has 1 saturated heterocycles. The SMILES string of the molecule is CC[C@H](C)[C@H](C([NH3+])=O)[C@]1(C)CO1.O=C([O-])C(F)(F)F. The fourth-order valence-corrected chi connectivity index (χ4v) is 1.79. The van der Waals surface area contributed by atoms with E-state index in [-0.39, 0.29) is 17.4 Å². The van der Waals surface area contributed by atoms with Crippen LogP contribution in [0.3, 0.4) is 0 Å². The fraction of sp³-hybridized carbons (Fsp3) is 0.818. The smallest absolute Gasteiger partial charge is 0.430 e. The number of halogens is 3. The first-order valence-electron chi connectivity index (χ1n) is 5.73. The van der Waals surface area contributed by atoms with E-state index >= 15 is 0 Å². The highest BCUT2D eigenvalue weighted by Gasteiger charge is 2.53. The van der Waals surface area contributed by atoms with Gasteiger partial charge in [0.25, 0.3) is 0 Å². The van der Waals surface area contributed by atoms with Crippen molar-refractivity contribution >= 4 is 11.9 Å². The molecule has 1 rings (SSSR count). The van der Waals surface area contributed by atoms with E-state index in [1.807, 2.05) is 6.92 Å². The van der Waals surface area contributed by atoms with Crippen LogP contribution in [0.1, 0.15) is 27.2 Å². The van der Waals surface area contributed by atoms with Crippen LogP contribution in [-0.2, 0) is 14.3 Å². The van der Waals surface area contributed by atoms with Gasteiger partial charge < -0.3 is 14.6 Å². The Kier molecular flexibility index (Phi) is 5.95. The van der Waals surface area contributed by atoms with Crippen LogP contribution in [0.15, 0.2) is 0 Å². The number of ether oxygens (including phenoxy) is 1. The summed E-state index contributed by atoms with van der Waals surface area (Å²) in [5.74, 6) is -2.62. The maximum absolute atomic E-state index is 11.2. The standard InChI is InChI=1S/C9H17NO2.C2HF3O2/c1-4-6(2)7(8(10)11)9(3)5-12-9;3-2(4,5)1(6)7/h6-7H,4-5H2,1-3H3,(H2,10,11);(H,6,7)/t6-,7+,9-;/m0./s1. The summed E-state index contributed by atoms with van der Waals surface area (Å²) >= 11 is 0. The Bertz CT molecular complexity index is 339. The second-order valence-corrected chi connectivity index (χ2v) is 4.72. The topological polar surface area (TPSA) is 97.4 Å². The molecule has 0 aromatic rings. The molecule has 0 aromatic heterocycles. The third-order valence-corrected chi connectivity index (χ3v) is 3.05. The molecule has 1 amide bonds. The quantitative estimate of drug-likeness (QED) is 0.704. The molecule has 3 atom stereocenters. The van der Waals surface area contributed by atoms with Crippen LogP contribution in [0.5, 0.6) is 0 Å². The number of carbonyl (C=O) groups is 2. The maximum Gasteiger partial charge on any atom is 0.430 e. The number of carboxylic acid groups (broad SMARTS) is 1. The van der Waals surface area contributed by atoms with Gasteiger partial charge in [0.1, 0.15) is 17.5 Å². The largest absolute Gasteiger partial charge is 0.542 e. The van der Waals surface area contributed by atoms with Gasteiger partial charge in [0.05, 0.1) is 6.61 Å². The maximum atomic E-state index is 11.2. The minimum Gasteiger partial charge on any atom is -0.542 e. The van der Waals surface area contributed by atoms with Crippen molar-refractivity contribution in [2.24, 2.45) is 11.8 Å². The van der Waals surface area contributed by atoms with Gasteiger partial charge >= 0.3 is 12.1 Å². The van der Waals surface area contributed by atoms with Crippen LogP contribution in [0.2, 0.25) is 0 Å². The van der Waals surface area contributed by atoms with Gasteiger partial charge in [-0.05, 0) is 12.8 Å². The van der Waals surface area contributed by atoms with Crippen molar-refractivity contribution < 1.29 is 38.3 Å². The summed E-state index contributed by atoms with van der Waals surface area (Å²) in [6.45, 7) is 6.88. The minimum atomic E-state index is -5.19. The van der Waals surface area contributed by atoms with Crippen molar-refractivity contribution in [3.8, 4) is 0 Å². The normalized spacial score (nSPS) is 24.8. The second-order valence-electron chi connectivity index (χ2n) is 4.72. The summed E-state index contributed by atoms with van der Waals surface area (Å²) in [6.07, 6.45) is -4.19. The molecule has 1 fully saturated rings. The number of hydrogen-bond acceptors (Lipinski definition) is 4. The Morgan fingerprint density at radius 1 is 1.47 bits per heavy atom. The zero-order valence-electron chi connectivity index (χ0n) is 11.0. The number of quaternary nitrogens is 1. The number of rotatable bonds is 4. The lowest BCUT2D eigenvalue weighted by Gasteiger charge is -2.20. The lowest BCUT2D eigenvalue weighted by atomic mass is 9.81. The fourth-order valence-electron chi connectivity index (χ4n) is 1.79. The summed E-state index contributed by atoms with van der Waals surface area (Å²) in [7, 11) is 0. The second kappa shape index (κ2) is 6.33. The molecule has 1 heterocycles. The molecule has 19 heavy (non-hydrogen) atoms. The van der Waals surface area contributed by atoms with Crippen LogP contribution >= 0.6 is 0 Å². The summed E-state index contributed by atoms with van der Waals surface area (Å²) in [6, 6.07) is 0. The third-order valence-electron chi connectivity index (χ3n) is 3.05. The number of carbonyl (C=O) groups excluding carboxylic acids is 2. The molecule has 8 heteroatoms. The van der Waals surface area contributed by atoms with Gasteiger partial charge in [-0.1, -0.05) is 20.3 Å². The Morgan fingerprint density at radius 3 is 2.00 bits per heavy atom. The molecule has 0 aliphatic carbocycles. The number of aliphatic carboxylic acids is 1. The van der Waals surface area contributed by atoms with E-state index in [4.69, 9.17) is 14.6 Å². The number of alkyl halides is 3. The van der Waals surface area contributed by atoms with Gasteiger partial charge in [0, 0.05) is 0 Å². The number of epoxide rings is 1. The molecule has 0 unspecified atom stereocenters. The molecule has 0 radical (unpaired) electrons. The molecule has 0 bridgehead atoms. The minimum absolute atomic E-state index is 0.0116. The number of amides is 1. The van der Waals surface area contributed by atoms with Crippen LogP contribution in [0.25, 0.3) is 0 Å². The van der Waals surface area contributed by atoms with Crippen molar-refractivity contribution in [3.05, 3.63) is 0 Å². The molecule has 3 N–H and O–H groups in total. The Morgan fingerprint density at radius 2 is 1.84 bits per heavy atom. The molecule has 5 nitrogen and oxygen atoms in total. The van der Waals surface area contributed by atoms with Crippen LogP contribution in [0.4, 0.5) is 13.2 Å². The zero-order valence-corrected chi connectivity index (χ0v) is 11.0. The van der Waals surface area contributed by atoms with Gasteiger partial charge in [-0.2, -0.15) is 13.2 Å². The lowest BCUT2D eigenvalue weighted by Crippen LogP contribution is -2.63. The first-order valence-corrected chi connectivity index (χ1v) is 5.73. The van der Waals surface area contributed by atoms with E-state index in [2.05, 4.69) is 19.6 Å². The van der Waals surface area contributed by atoms with Crippen molar-refractivity contribution in [2.75, 3.05) is 6.61 Å². The van der Waals surface area contributed by atoms with Crippen LogP contribution in [0, 0.1) is 11.8 Å². The average molecular weight is 285 g/mol.